The number of morpholine rings is 1. The van der Waals surface area contributed by atoms with Crippen LogP contribution in [0.15, 0.2) is 42.5 Å². The highest BCUT2D eigenvalue weighted by Crippen LogP contribution is 2.43. The number of ether oxygens (including phenoxy) is 2. The molecule has 1 amide bonds. The first-order valence-electron chi connectivity index (χ1n) is 15.5. The van der Waals surface area contributed by atoms with Gasteiger partial charge in [-0.25, -0.2) is 13.6 Å². The summed E-state index contributed by atoms with van der Waals surface area (Å²) in [6.45, 7) is 5.30. The molecule has 1 N–H and O–H groups in total. The molecule has 3 atom stereocenters. The van der Waals surface area contributed by atoms with Crippen molar-refractivity contribution < 1.29 is 33.0 Å². The molecule has 0 saturated carbocycles. The van der Waals surface area contributed by atoms with Crippen LogP contribution in [0.2, 0.25) is 5.02 Å². The minimum absolute atomic E-state index is 0.0157. The molecular formula is C34H35ClF2N4O5. The Morgan fingerprint density at radius 1 is 1.00 bits per heavy atom. The maximum atomic E-state index is 15.7. The van der Waals surface area contributed by atoms with Crippen LogP contribution in [0.3, 0.4) is 0 Å². The van der Waals surface area contributed by atoms with Crippen LogP contribution >= 0.6 is 11.6 Å². The van der Waals surface area contributed by atoms with Crippen molar-refractivity contribution in [3.05, 3.63) is 75.8 Å². The molecule has 3 fully saturated rings. The number of nitrogens with zero attached hydrogens (tertiary/aromatic N) is 4. The minimum Gasteiger partial charge on any atom is -0.478 e. The largest absolute Gasteiger partial charge is 0.478 e. The number of hydrogen-bond donors (Lipinski definition) is 1. The number of carboxylic acids is 1. The van der Waals surface area contributed by atoms with E-state index in [9.17, 15) is 14.7 Å². The van der Waals surface area contributed by atoms with Crippen LogP contribution in [0.4, 0.5) is 20.2 Å². The van der Waals surface area contributed by atoms with Gasteiger partial charge in [-0.1, -0.05) is 29.8 Å². The number of anilines is 2. The zero-order chi connectivity index (χ0) is 32.3. The Morgan fingerprint density at radius 3 is 2.46 bits per heavy atom. The van der Waals surface area contributed by atoms with Crippen molar-refractivity contribution >= 4 is 34.9 Å². The summed E-state index contributed by atoms with van der Waals surface area (Å²) in [5.74, 6) is -2.83. The van der Waals surface area contributed by atoms with Crippen LogP contribution in [0.25, 0.3) is 11.1 Å². The summed E-state index contributed by atoms with van der Waals surface area (Å²) in [6.07, 6.45) is 1.74. The molecule has 2 unspecified atom stereocenters. The average molecular weight is 653 g/mol. The molecule has 3 aromatic rings. The summed E-state index contributed by atoms with van der Waals surface area (Å²) < 4.78 is 43.0. The summed E-state index contributed by atoms with van der Waals surface area (Å²) in [5, 5.41) is 9.98. The molecule has 4 aliphatic heterocycles. The zero-order valence-corrected chi connectivity index (χ0v) is 26.4. The van der Waals surface area contributed by atoms with E-state index in [1.807, 2.05) is 7.05 Å². The molecule has 0 aliphatic carbocycles. The van der Waals surface area contributed by atoms with Crippen LogP contribution in [0.5, 0.6) is 5.75 Å². The predicted molar refractivity (Wildman–Crippen MR) is 170 cm³/mol. The van der Waals surface area contributed by atoms with Crippen molar-refractivity contribution in [2.45, 2.75) is 44.4 Å². The fraction of sp³-hybridized carbons (Fsp3) is 0.412. The van der Waals surface area contributed by atoms with Crippen LogP contribution in [-0.2, 0) is 11.3 Å². The monoisotopic (exact) mass is 652 g/mol. The third-order valence-corrected chi connectivity index (χ3v) is 9.94. The second-order valence-electron chi connectivity index (χ2n) is 12.6. The summed E-state index contributed by atoms with van der Waals surface area (Å²) >= 11 is 6.55. The number of carbonyl (C=O) groups excluding carboxylic acids is 1. The van der Waals surface area contributed by atoms with E-state index in [1.54, 1.807) is 30.3 Å². The third-order valence-electron chi connectivity index (χ3n) is 9.64. The van der Waals surface area contributed by atoms with Gasteiger partial charge in [0.15, 0.2) is 6.73 Å². The molecule has 3 saturated heterocycles. The van der Waals surface area contributed by atoms with E-state index in [-0.39, 0.29) is 53.1 Å². The lowest BCUT2D eigenvalue weighted by molar-refractivity contribution is 0.0511. The van der Waals surface area contributed by atoms with Crippen LogP contribution in [0.1, 0.15) is 46.0 Å². The molecule has 3 aromatic carbocycles. The molecule has 4 aliphatic rings. The number of hydrogen-bond acceptors (Lipinski definition) is 7. The summed E-state index contributed by atoms with van der Waals surface area (Å²) in [5.41, 5.74) is 1.99. The molecule has 9 nitrogen and oxygen atoms in total. The van der Waals surface area contributed by atoms with Gasteiger partial charge in [0, 0.05) is 48.1 Å². The van der Waals surface area contributed by atoms with E-state index < -0.39 is 23.5 Å². The van der Waals surface area contributed by atoms with Gasteiger partial charge in [0.2, 0.25) is 0 Å². The SMILES string of the molecule is C[C@@H]1CN(C)CCN1c1cc(F)c(C(=O)N2COc3c(cccc3-c3cc(N4C5CCC4COC5)c(C(=O)O)cc3F)C2)c(Cl)c1. The van der Waals surface area contributed by atoms with Crippen molar-refractivity contribution in [1.29, 1.82) is 0 Å². The Labute approximate surface area is 270 Å². The Hall–Kier alpha value is -3.93. The Morgan fingerprint density at radius 2 is 1.76 bits per heavy atom. The number of para-hydroxylation sites is 1. The quantitative estimate of drug-likeness (QED) is 0.388. The average Bonchev–Trinajstić information content (AvgIpc) is 3.26. The van der Waals surface area contributed by atoms with Crippen molar-refractivity contribution in [3.63, 3.8) is 0 Å². The Kier molecular flexibility index (Phi) is 8.02. The first-order valence-corrected chi connectivity index (χ1v) is 15.9. The first kappa shape index (κ1) is 30.7. The molecule has 0 spiro atoms. The second-order valence-corrected chi connectivity index (χ2v) is 13.1. The highest BCUT2D eigenvalue weighted by molar-refractivity contribution is 6.34. The van der Waals surface area contributed by atoms with E-state index in [4.69, 9.17) is 21.1 Å². The standard InChI is InChI=1S/C34H35ClF2N4O5/c1-19-14-38(2)8-9-40(19)23-10-27(35)31(29(37)11-23)33(42)39-15-20-4-3-5-24(32(20)46-18-39)25-13-30(26(34(43)44)12-28(25)36)41-21-6-7-22(41)17-45-16-21/h3-5,10-13,19,21-22H,6-9,14-18H2,1-2H3,(H,43,44)/t19-,21?,22?/m1/s1. The van der Waals surface area contributed by atoms with Gasteiger partial charge in [0.05, 0.1) is 53.7 Å². The van der Waals surface area contributed by atoms with Crippen LogP contribution in [0, 0.1) is 11.6 Å². The lowest BCUT2D eigenvalue weighted by atomic mass is 9.96. The molecular weight excluding hydrogens is 618 g/mol. The lowest BCUT2D eigenvalue weighted by Gasteiger charge is -2.40. The highest BCUT2D eigenvalue weighted by atomic mass is 35.5. The number of piperazine rings is 1. The maximum absolute atomic E-state index is 15.7. The smallest absolute Gasteiger partial charge is 0.337 e. The maximum Gasteiger partial charge on any atom is 0.337 e. The van der Waals surface area contributed by atoms with E-state index in [0.717, 1.165) is 32.0 Å². The van der Waals surface area contributed by atoms with Gasteiger partial charge < -0.3 is 34.2 Å². The molecule has 4 heterocycles. The third kappa shape index (κ3) is 5.34. The van der Waals surface area contributed by atoms with Gasteiger partial charge in [-0.15, -0.1) is 0 Å². The molecule has 242 valence electrons. The topological polar surface area (TPSA) is 85.8 Å². The van der Waals surface area contributed by atoms with Gasteiger partial charge in [0.1, 0.15) is 17.4 Å². The number of likely N-dealkylation sites (N-methyl/N-ethyl adjacent to an activating group) is 1. The van der Waals surface area contributed by atoms with Crippen molar-refractivity contribution in [1.82, 2.24) is 9.80 Å². The number of rotatable bonds is 5. The van der Waals surface area contributed by atoms with Gasteiger partial charge in [-0.3, -0.25) is 4.79 Å². The molecule has 7 rings (SSSR count). The zero-order valence-electron chi connectivity index (χ0n) is 25.6. The minimum atomic E-state index is -1.20. The van der Waals surface area contributed by atoms with Crippen LogP contribution < -0.4 is 14.5 Å². The molecule has 46 heavy (non-hydrogen) atoms. The lowest BCUT2D eigenvalue weighted by Crippen LogP contribution is -2.50. The van der Waals surface area contributed by atoms with E-state index in [2.05, 4.69) is 21.6 Å². The van der Waals surface area contributed by atoms with Gasteiger partial charge >= 0.3 is 5.97 Å². The van der Waals surface area contributed by atoms with Crippen molar-refractivity contribution in [3.8, 4) is 16.9 Å². The summed E-state index contributed by atoms with van der Waals surface area (Å²) in [7, 11) is 2.04. The summed E-state index contributed by atoms with van der Waals surface area (Å²) in [6, 6.07) is 11.0. The normalized spacial score (nSPS) is 22.9. The van der Waals surface area contributed by atoms with Crippen LogP contribution in [-0.4, -0.2) is 91.5 Å². The number of aromatic carboxylic acids is 1. The number of benzene rings is 3. The Balaban J connectivity index is 1.17. The molecule has 0 radical (unpaired) electrons. The fourth-order valence-electron chi connectivity index (χ4n) is 7.40. The van der Waals surface area contributed by atoms with E-state index >= 15 is 8.78 Å². The fourth-order valence-corrected chi connectivity index (χ4v) is 7.69. The number of fused-ring (bicyclic) bond motifs is 3. The molecule has 2 bridgehead atoms. The molecule has 0 aromatic heterocycles. The van der Waals surface area contributed by atoms with Crippen molar-refractivity contribution in [2.75, 3.05) is 56.4 Å². The number of carboxylic acid groups (broad SMARTS) is 1. The van der Waals surface area contributed by atoms with E-state index in [1.165, 1.54) is 11.0 Å². The summed E-state index contributed by atoms with van der Waals surface area (Å²) in [4.78, 5) is 33.5. The predicted octanol–water partition coefficient (Wildman–Crippen LogP) is 5.48. The Bertz CT molecular complexity index is 1680. The van der Waals surface area contributed by atoms with Crippen molar-refractivity contribution in [2.24, 2.45) is 0 Å². The molecule has 12 heteroatoms. The van der Waals surface area contributed by atoms with E-state index in [0.29, 0.717) is 48.0 Å². The number of halogens is 3. The van der Waals surface area contributed by atoms with Gasteiger partial charge in [-0.2, -0.15) is 0 Å². The second kappa shape index (κ2) is 12.0. The number of carbonyl (C=O) groups is 2. The first-order chi connectivity index (χ1) is 22.1. The highest BCUT2D eigenvalue weighted by Gasteiger charge is 2.40. The van der Waals surface area contributed by atoms with Gasteiger partial charge in [0.25, 0.3) is 5.91 Å². The number of amides is 1. The van der Waals surface area contributed by atoms with Gasteiger partial charge in [-0.05, 0) is 51.1 Å².